The molecule has 49 heavy (non-hydrogen) atoms. The average Bonchev–Trinajstić information content (AvgIpc) is 3.38. The molecule has 8 aromatic rings. The summed E-state index contributed by atoms with van der Waals surface area (Å²) in [4.78, 5) is 2.29. The van der Waals surface area contributed by atoms with Crippen molar-refractivity contribution in [3.8, 4) is 33.4 Å². The van der Waals surface area contributed by atoms with E-state index in [4.69, 9.17) is 11.6 Å². The first kappa shape index (κ1) is 29.5. The molecule has 0 aromatic heterocycles. The average molecular weight is 648 g/mol. The predicted molar refractivity (Wildman–Crippen MR) is 210 cm³/mol. The number of fused-ring (bicyclic) bond motifs is 6. The maximum Gasteiger partial charge on any atom is 0.0482 e. The molecular weight excluding hydrogens is 614 g/mol. The molecule has 0 N–H and O–H groups in total. The largest absolute Gasteiger partial charge is 0.310 e. The Bertz CT molecular complexity index is 2520. The Balaban J connectivity index is 1.14. The molecule has 0 atom stereocenters. The van der Waals surface area contributed by atoms with Crippen LogP contribution in [0.1, 0.15) is 25.0 Å². The highest BCUT2D eigenvalue weighted by Crippen LogP contribution is 2.52. The van der Waals surface area contributed by atoms with Gasteiger partial charge in [0, 0.05) is 27.5 Å². The third-order valence-electron chi connectivity index (χ3n) is 10.3. The van der Waals surface area contributed by atoms with Gasteiger partial charge in [-0.2, -0.15) is 0 Å². The van der Waals surface area contributed by atoms with E-state index in [9.17, 15) is 0 Å². The minimum atomic E-state index is -0.117. The topological polar surface area (TPSA) is 3.24 Å². The third-order valence-corrected chi connectivity index (χ3v) is 10.5. The summed E-state index contributed by atoms with van der Waals surface area (Å²) in [5.74, 6) is 0. The Morgan fingerprint density at radius 2 is 1.08 bits per heavy atom. The highest BCUT2D eigenvalue weighted by atomic mass is 35.5. The van der Waals surface area contributed by atoms with Crippen LogP contribution >= 0.6 is 11.6 Å². The van der Waals surface area contributed by atoms with Crippen LogP contribution < -0.4 is 4.90 Å². The van der Waals surface area contributed by atoms with Crippen molar-refractivity contribution in [3.63, 3.8) is 0 Å². The number of anilines is 3. The van der Waals surface area contributed by atoms with Crippen LogP contribution in [0.3, 0.4) is 0 Å². The highest BCUT2D eigenvalue weighted by Gasteiger charge is 2.36. The fourth-order valence-electron chi connectivity index (χ4n) is 7.85. The van der Waals surface area contributed by atoms with Crippen molar-refractivity contribution in [2.24, 2.45) is 0 Å². The number of hydrogen-bond donors (Lipinski definition) is 0. The number of halogens is 1. The monoisotopic (exact) mass is 647 g/mol. The van der Waals surface area contributed by atoms with E-state index in [0.29, 0.717) is 5.02 Å². The molecule has 2 heteroatoms. The van der Waals surface area contributed by atoms with Crippen LogP contribution in [0.15, 0.2) is 170 Å². The zero-order chi connectivity index (χ0) is 33.1. The number of nitrogens with zero attached hydrogens (tertiary/aromatic N) is 1. The van der Waals surface area contributed by atoms with Gasteiger partial charge in [0.05, 0.1) is 0 Å². The Kier molecular flexibility index (Phi) is 6.93. The molecule has 1 aliphatic carbocycles. The normalized spacial score (nSPS) is 13.0. The fraction of sp³-hybridized carbons (Fsp3) is 0.0638. The van der Waals surface area contributed by atoms with E-state index in [0.717, 1.165) is 28.2 Å². The zero-order valence-corrected chi connectivity index (χ0v) is 28.2. The van der Waals surface area contributed by atoms with Crippen LogP contribution in [0.2, 0.25) is 5.02 Å². The van der Waals surface area contributed by atoms with Crippen molar-refractivity contribution < 1.29 is 0 Å². The van der Waals surface area contributed by atoms with Gasteiger partial charge in [-0.15, -0.1) is 0 Å². The molecule has 0 saturated carbocycles. The number of benzene rings is 8. The van der Waals surface area contributed by atoms with Gasteiger partial charge in [0.15, 0.2) is 0 Å². The second kappa shape index (κ2) is 11.5. The summed E-state index contributed by atoms with van der Waals surface area (Å²) in [5.41, 5.74) is 13.1. The summed E-state index contributed by atoms with van der Waals surface area (Å²) >= 11 is 6.96. The second-order valence-electron chi connectivity index (χ2n) is 13.5. The molecule has 8 aromatic carbocycles. The third kappa shape index (κ3) is 4.93. The van der Waals surface area contributed by atoms with Crippen molar-refractivity contribution in [1.29, 1.82) is 0 Å². The molecule has 1 nitrogen and oxygen atoms in total. The van der Waals surface area contributed by atoms with Gasteiger partial charge in [-0.3, -0.25) is 0 Å². The van der Waals surface area contributed by atoms with Crippen LogP contribution in [-0.4, -0.2) is 0 Å². The smallest absolute Gasteiger partial charge is 0.0482 e. The van der Waals surface area contributed by atoms with Gasteiger partial charge in [0.1, 0.15) is 0 Å². The van der Waals surface area contributed by atoms with Crippen molar-refractivity contribution >= 4 is 50.2 Å². The summed E-state index contributed by atoms with van der Waals surface area (Å²) in [6, 6.07) is 61.2. The lowest BCUT2D eigenvalue weighted by Gasteiger charge is -2.27. The van der Waals surface area contributed by atoms with E-state index in [1.807, 2.05) is 0 Å². The van der Waals surface area contributed by atoms with Crippen molar-refractivity contribution in [3.05, 3.63) is 186 Å². The summed E-state index contributed by atoms with van der Waals surface area (Å²) in [7, 11) is 0. The van der Waals surface area contributed by atoms with Gasteiger partial charge in [0.2, 0.25) is 0 Å². The molecule has 0 fully saturated rings. The van der Waals surface area contributed by atoms with Gasteiger partial charge in [0.25, 0.3) is 0 Å². The molecule has 234 valence electrons. The van der Waals surface area contributed by atoms with Gasteiger partial charge < -0.3 is 4.90 Å². The first-order valence-corrected chi connectivity index (χ1v) is 17.2. The molecule has 0 radical (unpaired) electrons. The standard InChI is InChI=1S/C47H34ClN/c1-47(2)44-26-22-32-12-7-9-17-42(32)46(44)43-25-21-34(29-45(43)47)35-27-36(48)30-39(28-35)49(37-14-4-3-5-15-37)38-23-19-33(20-24-38)41-18-10-13-31-11-6-8-16-40(31)41/h3-30H,1-2H3. The Morgan fingerprint density at radius 3 is 1.88 bits per heavy atom. The van der Waals surface area contributed by atoms with E-state index >= 15 is 0 Å². The lowest BCUT2D eigenvalue weighted by atomic mass is 9.81. The number of para-hydroxylation sites is 1. The Morgan fingerprint density at radius 1 is 0.429 bits per heavy atom. The van der Waals surface area contributed by atoms with E-state index in [2.05, 4.69) is 189 Å². The molecule has 0 aliphatic heterocycles. The van der Waals surface area contributed by atoms with Crippen molar-refractivity contribution in [2.45, 2.75) is 19.3 Å². The minimum Gasteiger partial charge on any atom is -0.310 e. The van der Waals surface area contributed by atoms with E-state index < -0.39 is 0 Å². The fourth-order valence-corrected chi connectivity index (χ4v) is 8.08. The molecule has 9 rings (SSSR count). The molecule has 0 bridgehead atoms. The van der Waals surface area contributed by atoms with Gasteiger partial charge in [-0.25, -0.2) is 0 Å². The van der Waals surface area contributed by atoms with Crippen molar-refractivity contribution in [2.75, 3.05) is 4.90 Å². The first-order chi connectivity index (χ1) is 24.0. The van der Waals surface area contributed by atoms with Crippen LogP contribution in [0.4, 0.5) is 17.1 Å². The highest BCUT2D eigenvalue weighted by molar-refractivity contribution is 6.31. The van der Waals surface area contributed by atoms with Gasteiger partial charge in [-0.1, -0.05) is 147 Å². The summed E-state index contributed by atoms with van der Waals surface area (Å²) in [6.45, 7) is 4.69. The van der Waals surface area contributed by atoms with Crippen LogP contribution in [0.5, 0.6) is 0 Å². The molecule has 0 amide bonds. The number of hydrogen-bond acceptors (Lipinski definition) is 1. The Hall–Kier alpha value is -5.63. The Labute approximate surface area is 292 Å². The second-order valence-corrected chi connectivity index (χ2v) is 14.0. The summed E-state index contributed by atoms with van der Waals surface area (Å²) in [5, 5.41) is 5.80. The number of rotatable bonds is 5. The van der Waals surface area contributed by atoms with Crippen LogP contribution in [0, 0.1) is 0 Å². The van der Waals surface area contributed by atoms with Gasteiger partial charge in [-0.05, 0) is 115 Å². The molecule has 0 heterocycles. The molecule has 0 saturated heterocycles. The van der Waals surface area contributed by atoms with Gasteiger partial charge >= 0.3 is 0 Å². The molecule has 1 aliphatic rings. The van der Waals surface area contributed by atoms with Crippen LogP contribution in [0.25, 0.3) is 54.9 Å². The van der Waals surface area contributed by atoms with E-state index in [-0.39, 0.29) is 5.41 Å². The lowest BCUT2D eigenvalue weighted by molar-refractivity contribution is 0.661. The lowest BCUT2D eigenvalue weighted by Crippen LogP contribution is -2.15. The van der Waals surface area contributed by atoms with E-state index in [1.54, 1.807) is 0 Å². The summed E-state index contributed by atoms with van der Waals surface area (Å²) in [6.07, 6.45) is 0. The molecule has 0 unspecified atom stereocenters. The first-order valence-electron chi connectivity index (χ1n) is 16.9. The maximum absolute atomic E-state index is 6.96. The summed E-state index contributed by atoms with van der Waals surface area (Å²) < 4.78 is 0. The minimum absolute atomic E-state index is 0.117. The van der Waals surface area contributed by atoms with E-state index in [1.165, 1.54) is 54.9 Å². The molecule has 0 spiro atoms. The molecular formula is C47H34ClN. The van der Waals surface area contributed by atoms with Crippen LogP contribution in [-0.2, 0) is 5.41 Å². The predicted octanol–water partition coefficient (Wildman–Crippen LogP) is 13.8. The SMILES string of the molecule is CC1(C)c2cc(-c3cc(Cl)cc(N(c4ccccc4)c4ccc(-c5cccc6ccccc56)cc4)c3)ccc2-c2c1ccc1ccccc21. The quantitative estimate of drug-likeness (QED) is 0.180. The zero-order valence-electron chi connectivity index (χ0n) is 27.5. The maximum atomic E-state index is 6.96. The van der Waals surface area contributed by atoms with Crippen molar-refractivity contribution in [1.82, 2.24) is 0 Å².